The fraction of sp³-hybridized carbons (Fsp3) is 0.889. The fourth-order valence-electron chi connectivity index (χ4n) is 1.30. The molecule has 0 N–H and O–H groups in total. The van der Waals surface area contributed by atoms with Gasteiger partial charge in [-0.3, -0.25) is 0 Å². The van der Waals surface area contributed by atoms with Crippen LogP contribution in [0.25, 0.3) is 0 Å². The van der Waals surface area contributed by atoms with E-state index in [-0.39, 0.29) is 39.0 Å². The standard InChI is InChI=1S/C9H14O7/c10-9(13-3-7-1-11-5-15-7)14-4-8-2-12-6-16-8/h7-8H,1-6H2. The molecule has 0 aromatic carbocycles. The highest BCUT2D eigenvalue weighted by molar-refractivity contribution is 5.59. The molecule has 2 atom stereocenters. The van der Waals surface area contributed by atoms with Gasteiger partial charge in [0.15, 0.2) is 0 Å². The second-order valence-electron chi connectivity index (χ2n) is 3.43. The maximum absolute atomic E-state index is 11.1. The number of carbonyl (C=O) groups excluding carboxylic acids is 1. The van der Waals surface area contributed by atoms with Crippen molar-refractivity contribution in [2.24, 2.45) is 0 Å². The summed E-state index contributed by atoms with van der Waals surface area (Å²) in [6, 6.07) is 0. The molecule has 2 heterocycles. The molecule has 2 unspecified atom stereocenters. The fourth-order valence-corrected chi connectivity index (χ4v) is 1.30. The van der Waals surface area contributed by atoms with Crippen LogP contribution in [0, 0.1) is 0 Å². The Morgan fingerprint density at radius 2 is 1.50 bits per heavy atom. The van der Waals surface area contributed by atoms with Gasteiger partial charge in [-0.15, -0.1) is 0 Å². The second kappa shape index (κ2) is 6.00. The van der Waals surface area contributed by atoms with Gasteiger partial charge in [0, 0.05) is 0 Å². The number of rotatable bonds is 4. The van der Waals surface area contributed by atoms with E-state index in [0.29, 0.717) is 13.2 Å². The Balaban J connectivity index is 1.53. The molecule has 0 spiro atoms. The molecular formula is C9H14O7. The zero-order valence-electron chi connectivity index (χ0n) is 8.76. The van der Waals surface area contributed by atoms with Crippen molar-refractivity contribution in [3.63, 3.8) is 0 Å². The van der Waals surface area contributed by atoms with Gasteiger partial charge in [-0.1, -0.05) is 0 Å². The lowest BCUT2D eigenvalue weighted by Gasteiger charge is -2.10. The highest BCUT2D eigenvalue weighted by Gasteiger charge is 2.21. The average molecular weight is 234 g/mol. The van der Waals surface area contributed by atoms with Crippen molar-refractivity contribution < 1.29 is 33.2 Å². The predicted molar refractivity (Wildman–Crippen MR) is 48.7 cm³/mol. The normalized spacial score (nSPS) is 29.2. The number of carbonyl (C=O) groups is 1. The van der Waals surface area contributed by atoms with Crippen LogP contribution in [0.4, 0.5) is 4.79 Å². The molecule has 16 heavy (non-hydrogen) atoms. The molecule has 2 aliphatic rings. The zero-order valence-corrected chi connectivity index (χ0v) is 8.76. The molecule has 2 aliphatic heterocycles. The zero-order chi connectivity index (χ0) is 11.2. The van der Waals surface area contributed by atoms with Gasteiger partial charge in [0.1, 0.15) is 39.0 Å². The lowest BCUT2D eigenvalue weighted by molar-refractivity contribution is -0.0175. The van der Waals surface area contributed by atoms with Gasteiger partial charge >= 0.3 is 6.16 Å². The first-order chi connectivity index (χ1) is 7.84. The minimum absolute atomic E-state index is 0.140. The van der Waals surface area contributed by atoms with Gasteiger partial charge in [-0.05, 0) is 0 Å². The lowest BCUT2D eigenvalue weighted by atomic mass is 10.4. The summed E-state index contributed by atoms with van der Waals surface area (Å²) in [4.78, 5) is 11.1. The van der Waals surface area contributed by atoms with E-state index in [1.165, 1.54) is 0 Å². The molecule has 2 fully saturated rings. The van der Waals surface area contributed by atoms with Crippen LogP contribution in [0.5, 0.6) is 0 Å². The summed E-state index contributed by atoms with van der Waals surface area (Å²) in [5, 5.41) is 0. The van der Waals surface area contributed by atoms with Crippen molar-refractivity contribution in [2.75, 3.05) is 40.0 Å². The van der Waals surface area contributed by atoms with E-state index in [9.17, 15) is 4.79 Å². The Kier molecular flexibility index (Phi) is 4.34. The summed E-state index contributed by atoms with van der Waals surface area (Å²) in [5.74, 6) is 0. The van der Waals surface area contributed by atoms with Crippen LogP contribution in [0.3, 0.4) is 0 Å². The van der Waals surface area contributed by atoms with E-state index in [2.05, 4.69) is 0 Å². The van der Waals surface area contributed by atoms with Crippen LogP contribution in [0.1, 0.15) is 0 Å². The lowest BCUT2D eigenvalue weighted by Crippen LogP contribution is -2.24. The van der Waals surface area contributed by atoms with E-state index in [1.54, 1.807) is 0 Å². The van der Waals surface area contributed by atoms with Crippen molar-refractivity contribution in [1.82, 2.24) is 0 Å². The summed E-state index contributed by atoms with van der Waals surface area (Å²) < 4.78 is 29.7. The van der Waals surface area contributed by atoms with E-state index >= 15 is 0 Å². The van der Waals surface area contributed by atoms with Crippen molar-refractivity contribution >= 4 is 6.16 Å². The average Bonchev–Trinajstić information content (AvgIpc) is 2.96. The number of hydrogen-bond acceptors (Lipinski definition) is 7. The third-order valence-electron chi connectivity index (χ3n) is 2.16. The molecule has 2 rings (SSSR count). The highest BCUT2D eigenvalue weighted by Crippen LogP contribution is 2.06. The van der Waals surface area contributed by atoms with Gasteiger partial charge < -0.3 is 28.4 Å². The quantitative estimate of drug-likeness (QED) is 0.628. The molecule has 0 amide bonds. The first-order valence-corrected chi connectivity index (χ1v) is 5.03. The topological polar surface area (TPSA) is 72.5 Å². The van der Waals surface area contributed by atoms with Gasteiger partial charge in [-0.25, -0.2) is 4.79 Å². The third kappa shape index (κ3) is 3.60. The first-order valence-electron chi connectivity index (χ1n) is 5.03. The van der Waals surface area contributed by atoms with Crippen molar-refractivity contribution in [3.8, 4) is 0 Å². The van der Waals surface area contributed by atoms with Crippen molar-refractivity contribution in [3.05, 3.63) is 0 Å². The minimum Gasteiger partial charge on any atom is -0.431 e. The van der Waals surface area contributed by atoms with E-state index in [4.69, 9.17) is 28.4 Å². The Hall–Kier alpha value is -0.890. The minimum atomic E-state index is -0.731. The van der Waals surface area contributed by atoms with E-state index in [0.717, 1.165) is 0 Å². The molecule has 7 heteroatoms. The molecule has 2 saturated heterocycles. The third-order valence-corrected chi connectivity index (χ3v) is 2.16. The van der Waals surface area contributed by atoms with Crippen molar-refractivity contribution in [2.45, 2.75) is 12.2 Å². The first kappa shape index (κ1) is 11.6. The maximum atomic E-state index is 11.1. The molecule has 7 nitrogen and oxygen atoms in total. The molecule has 0 radical (unpaired) electrons. The van der Waals surface area contributed by atoms with Gasteiger partial charge in [0.05, 0.1) is 13.2 Å². The summed E-state index contributed by atoms with van der Waals surface area (Å²) in [6.07, 6.45) is -1.12. The Morgan fingerprint density at radius 3 is 1.88 bits per heavy atom. The smallest absolute Gasteiger partial charge is 0.431 e. The largest absolute Gasteiger partial charge is 0.508 e. The second-order valence-corrected chi connectivity index (χ2v) is 3.43. The van der Waals surface area contributed by atoms with Crippen LogP contribution in [0.15, 0.2) is 0 Å². The van der Waals surface area contributed by atoms with Crippen molar-refractivity contribution in [1.29, 1.82) is 0 Å². The number of ether oxygens (including phenoxy) is 6. The van der Waals surface area contributed by atoms with Crippen LogP contribution in [-0.4, -0.2) is 58.4 Å². The van der Waals surface area contributed by atoms with Crippen LogP contribution in [-0.2, 0) is 28.4 Å². The van der Waals surface area contributed by atoms with Gasteiger partial charge in [0.25, 0.3) is 0 Å². The Morgan fingerprint density at radius 1 is 1.00 bits per heavy atom. The van der Waals surface area contributed by atoms with Crippen LogP contribution in [0.2, 0.25) is 0 Å². The maximum Gasteiger partial charge on any atom is 0.508 e. The molecular weight excluding hydrogens is 220 g/mol. The van der Waals surface area contributed by atoms with E-state index in [1.807, 2.05) is 0 Å². The van der Waals surface area contributed by atoms with Gasteiger partial charge in [0.2, 0.25) is 0 Å². The summed E-state index contributed by atoms with van der Waals surface area (Å²) in [7, 11) is 0. The molecule has 0 saturated carbocycles. The summed E-state index contributed by atoms with van der Waals surface area (Å²) in [5.41, 5.74) is 0. The van der Waals surface area contributed by atoms with Crippen LogP contribution < -0.4 is 0 Å². The molecule has 0 bridgehead atoms. The number of hydrogen-bond donors (Lipinski definition) is 0. The molecule has 0 aromatic heterocycles. The van der Waals surface area contributed by atoms with Gasteiger partial charge in [-0.2, -0.15) is 0 Å². The SMILES string of the molecule is O=C(OCC1COCO1)OCC1COCO1. The molecule has 92 valence electrons. The van der Waals surface area contributed by atoms with E-state index < -0.39 is 6.16 Å². The summed E-state index contributed by atoms with van der Waals surface area (Å²) >= 11 is 0. The Bertz CT molecular complexity index is 198. The molecule has 0 aromatic rings. The Labute approximate surface area is 92.5 Å². The monoisotopic (exact) mass is 234 g/mol. The predicted octanol–water partition coefficient (Wildman–Crippen LogP) is -0.115. The highest BCUT2D eigenvalue weighted by atomic mass is 16.8. The summed E-state index contributed by atoms with van der Waals surface area (Å²) in [6.45, 7) is 1.65. The molecule has 0 aliphatic carbocycles. The van der Waals surface area contributed by atoms with Crippen LogP contribution >= 0.6 is 0 Å².